The van der Waals surface area contributed by atoms with Crippen molar-refractivity contribution in [2.24, 2.45) is 11.8 Å². The van der Waals surface area contributed by atoms with Gasteiger partial charge < -0.3 is 19.7 Å². The Morgan fingerprint density at radius 2 is 1.45 bits per heavy atom. The lowest BCUT2D eigenvalue weighted by Crippen LogP contribution is -2.18. The van der Waals surface area contributed by atoms with Crippen LogP contribution in [0.3, 0.4) is 0 Å². The molecule has 180 valence electrons. The maximum absolute atomic E-state index is 13.7. The first kappa shape index (κ1) is 26.2. The summed E-state index contributed by atoms with van der Waals surface area (Å²) in [6, 6.07) is 5.49. The van der Waals surface area contributed by atoms with Crippen LogP contribution in [-0.2, 0) is 19.3 Å². The van der Waals surface area contributed by atoms with E-state index < -0.39 is 49.3 Å². The molecule has 0 bridgehead atoms. The van der Waals surface area contributed by atoms with Crippen LogP contribution in [0.1, 0.15) is 59.5 Å². The number of sulfone groups is 1. The second-order valence-corrected chi connectivity index (χ2v) is 10.6. The van der Waals surface area contributed by atoms with Gasteiger partial charge in [0.15, 0.2) is 0 Å². The van der Waals surface area contributed by atoms with Crippen molar-refractivity contribution in [2.75, 3.05) is 13.2 Å². The van der Waals surface area contributed by atoms with Gasteiger partial charge in [0.1, 0.15) is 27.5 Å². The lowest BCUT2D eigenvalue weighted by Gasteiger charge is -2.18. The van der Waals surface area contributed by atoms with Crippen molar-refractivity contribution in [3.8, 4) is 11.5 Å². The fourth-order valence-electron chi connectivity index (χ4n) is 2.99. The van der Waals surface area contributed by atoms with Crippen LogP contribution in [0.2, 0.25) is 0 Å². The summed E-state index contributed by atoms with van der Waals surface area (Å²) < 4.78 is 37.5. The number of benzene rings is 2. The standard InChI is InChI=1S/C24H30O8S/c1-13(2)11-31-23(27)17-10-18(25)20(24(28)32-12-14(3)4)22(21(17)26)33(29,30)19-9-15(5)7-8-16(19)6/h7-10,13-14,25-26H,11-12H2,1-6H3. The Labute approximate surface area is 194 Å². The molecule has 2 rings (SSSR count). The molecule has 0 saturated heterocycles. The van der Waals surface area contributed by atoms with E-state index in [1.54, 1.807) is 53.7 Å². The SMILES string of the molecule is Cc1ccc(C)c(S(=O)(=O)c2c(O)c(C(=O)OCC(C)C)cc(O)c2C(=O)OCC(C)C)c1. The van der Waals surface area contributed by atoms with Gasteiger partial charge in [0.05, 0.1) is 18.1 Å². The molecule has 2 aromatic carbocycles. The van der Waals surface area contributed by atoms with Crippen molar-refractivity contribution in [2.45, 2.75) is 51.3 Å². The first-order chi connectivity index (χ1) is 15.3. The van der Waals surface area contributed by atoms with Crippen LogP contribution < -0.4 is 0 Å². The molecule has 0 spiro atoms. The third-order valence-corrected chi connectivity index (χ3v) is 6.61. The van der Waals surface area contributed by atoms with Gasteiger partial charge >= 0.3 is 11.9 Å². The van der Waals surface area contributed by atoms with E-state index in [2.05, 4.69) is 0 Å². The number of esters is 2. The van der Waals surface area contributed by atoms with Gasteiger partial charge in [-0.15, -0.1) is 0 Å². The second kappa shape index (κ2) is 10.2. The van der Waals surface area contributed by atoms with Crippen LogP contribution in [0.4, 0.5) is 0 Å². The van der Waals surface area contributed by atoms with E-state index in [1.165, 1.54) is 6.07 Å². The van der Waals surface area contributed by atoms with Gasteiger partial charge in [-0.1, -0.05) is 39.8 Å². The predicted molar refractivity (Wildman–Crippen MR) is 121 cm³/mol. The molecule has 0 radical (unpaired) electrons. The minimum absolute atomic E-state index is 0.0102. The Bertz CT molecular complexity index is 1160. The van der Waals surface area contributed by atoms with Crippen LogP contribution in [0, 0.1) is 25.7 Å². The number of phenols is 2. The predicted octanol–water partition coefficient (Wildman–Crippen LogP) is 4.17. The molecule has 33 heavy (non-hydrogen) atoms. The minimum atomic E-state index is -4.57. The molecule has 0 aliphatic carbocycles. The van der Waals surface area contributed by atoms with Crippen molar-refractivity contribution in [3.63, 3.8) is 0 Å². The van der Waals surface area contributed by atoms with E-state index in [9.17, 15) is 28.2 Å². The van der Waals surface area contributed by atoms with E-state index in [1.807, 2.05) is 0 Å². The number of hydrogen-bond donors (Lipinski definition) is 2. The number of phenolic OH excluding ortho intramolecular Hbond substituents is 2. The second-order valence-electron chi connectivity index (χ2n) is 8.75. The molecule has 0 amide bonds. The van der Waals surface area contributed by atoms with Gasteiger partial charge in [-0.3, -0.25) is 0 Å². The first-order valence-corrected chi connectivity index (χ1v) is 12.0. The molecular weight excluding hydrogens is 448 g/mol. The maximum Gasteiger partial charge on any atom is 0.343 e. The number of hydrogen-bond acceptors (Lipinski definition) is 8. The van der Waals surface area contributed by atoms with Crippen LogP contribution in [0.15, 0.2) is 34.1 Å². The highest BCUT2D eigenvalue weighted by molar-refractivity contribution is 7.91. The highest BCUT2D eigenvalue weighted by atomic mass is 32.2. The van der Waals surface area contributed by atoms with Crippen molar-refractivity contribution in [1.82, 2.24) is 0 Å². The Balaban J connectivity index is 2.81. The summed E-state index contributed by atoms with van der Waals surface area (Å²) in [6.45, 7) is 10.4. The summed E-state index contributed by atoms with van der Waals surface area (Å²) in [4.78, 5) is 24.3. The van der Waals surface area contributed by atoms with E-state index >= 15 is 0 Å². The van der Waals surface area contributed by atoms with Crippen molar-refractivity contribution < 1.29 is 37.7 Å². The molecule has 8 nitrogen and oxygen atoms in total. The van der Waals surface area contributed by atoms with Gasteiger partial charge in [-0.2, -0.15) is 0 Å². The topological polar surface area (TPSA) is 127 Å². The minimum Gasteiger partial charge on any atom is -0.507 e. The number of carbonyl (C=O) groups is 2. The van der Waals surface area contributed by atoms with Crippen LogP contribution >= 0.6 is 0 Å². The number of aromatic hydroxyl groups is 2. The smallest absolute Gasteiger partial charge is 0.343 e. The first-order valence-electron chi connectivity index (χ1n) is 10.5. The fraction of sp³-hybridized carbons (Fsp3) is 0.417. The van der Waals surface area contributed by atoms with E-state index in [0.717, 1.165) is 6.07 Å². The largest absolute Gasteiger partial charge is 0.507 e. The van der Waals surface area contributed by atoms with Gasteiger partial charge in [0.25, 0.3) is 0 Å². The van der Waals surface area contributed by atoms with Gasteiger partial charge in [-0.25, -0.2) is 18.0 Å². The van der Waals surface area contributed by atoms with E-state index in [-0.39, 0.29) is 29.9 Å². The Kier molecular flexibility index (Phi) is 8.13. The number of carbonyl (C=O) groups excluding carboxylic acids is 2. The molecule has 0 unspecified atom stereocenters. The highest BCUT2D eigenvalue weighted by Crippen LogP contribution is 2.41. The maximum atomic E-state index is 13.7. The third-order valence-electron chi connectivity index (χ3n) is 4.66. The van der Waals surface area contributed by atoms with Gasteiger partial charge in [0, 0.05) is 0 Å². The normalized spacial score (nSPS) is 11.6. The zero-order chi connectivity index (χ0) is 25.1. The van der Waals surface area contributed by atoms with Crippen molar-refractivity contribution in [3.05, 3.63) is 46.5 Å². The average molecular weight is 479 g/mol. The molecular formula is C24H30O8S. The van der Waals surface area contributed by atoms with E-state index in [4.69, 9.17) is 9.47 Å². The lowest BCUT2D eigenvalue weighted by molar-refractivity contribution is 0.0434. The Morgan fingerprint density at radius 1 is 0.909 bits per heavy atom. The third kappa shape index (κ3) is 5.84. The molecule has 0 aliphatic heterocycles. The molecule has 0 aromatic heterocycles. The number of aryl methyl sites for hydroxylation is 2. The number of rotatable bonds is 8. The zero-order valence-corrected chi connectivity index (χ0v) is 20.4. The van der Waals surface area contributed by atoms with Crippen LogP contribution in [0.5, 0.6) is 11.5 Å². The van der Waals surface area contributed by atoms with Crippen molar-refractivity contribution in [1.29, 1.82) is 0 Å². The molecule has 9 heteroatoms. The Morgan fingerprint density at radius 3 is 2.00 bits per heavy atom. The molecule has 0 heterocycles. The van der Waals surface area contributed by atoms with Gasteiger partial charge in [0.2, 0.25) is 9.84 Å². The fourth-order valence-corrected chi connectivity index (χ4v) is 4.86. The van der Waals surface area contributed by atoms with Crippen LogP contribution in [0.25, 0.3) is 0 Å². The average Bonchev–Trinajstić information content (AvgIpc) is 2.72. The van der Waals surface area contributed by atoms with Crippen molar-refractivity contribution >= 4 is 21.8 Å². The summed E-state index contributed by atoms with van der Waals surface area (Å²) >= 11 is 0. The van der Waals surface area contributed by atoms with Gasteiger partial charge in [-0.05, 0) is 48.9 Å². The quantitative estimate of drug-likeness (QED) is 0.427. The molecule has 0 aliphatic rings. The monoisotopic (exact) mass is 478 g/mol. The number of ether oxygens (including phenoxy) is 2. The van der Waals surface area contributed by atoms with E-state index in [0.29, 0.717) is 11.1 Å². The highest BCUT2D eigenvalue weighted by Gasteiger charge is 2.36. The van der Waals surface area contributed by atoms with Crippen LogP contribution in [-0.4, -0.2) is 43.8 Å². The Hall–Kier alpha value is -3.07. The lowest BCUT2D eigenvalue weighted by atomic mass is 10.1. The molecule has 2 N–H and O–H groups in total. The molecule has 0 fully saturated rings. The molecule has 2 aromatic rings. The summed E-state index contributed by atoms with van der Waals surface area (Å²) in [5.41, 5.74) is -0.333. The molecule has 0 saturated carbocycles. The summed E-state index contributed by atoms with van der Waals surface area (Å²) in [7, 11) is -4.57. The summed E-state index contributed by atoms with van der Waals surface area (Å²) in [6.07, 6.45) is 0. The zero-order valence-electron chi connectivity index (χ0n) is 19.6. The summed E-state index contributed by atoms with van der Waals surface area (Å²) in [5.74, 6) is -4.05. The summed E-state index contributed by atoms with van der Waals surface area (Å²) in [5, 5.41) is 21.5. The molecule has 0 atom stereocenters.